The fourth-order valence-corrected chi connectivity index (χ4v) is 4.77. The van der Waals surface area contributed by atoms with E-state index in [9.17, 15) is 9.59 Å². The average Bonchev–Trinajstić information content (AvgIpc) is 3.22. The normalized spacial score (nSPS) is 15.6. The van der Waals surface area contributed by atoms with Gasteiger partial charge in [-0.25, -0.2) is 4.79 Å². The Labute approximate surface area is 205 Å². The van der Waals surface area contributed by atoms with Gasteiger partial charge in [0.1, 0.15) is 5.75 Å². The van der Waals surface area contributed by atoms with E-state index >= 15 is 0 Å². The van der Waals surface area contributed by atoms with Crippen LogP contribution in [-0.2, 0) is 20.1 Å². The molecule has 5 rings (SSSR count). The number of ether oxygens (including phenoxy) is 1. The molecule has 176 valence electrons. The first kappa shape index (κ1) is 22.6. The van der Waals surface area contributed by atoms with Crippen LogP contribution in [0.3, 0.4) is 0 Å². The van der Waals surface area contributed by atoms with Crippen molar-refractivity contribution in [1.29, 1.82) is 0 Å². The summed E-state index contributed by atoms with van der Waals surface area (Å²) < 4.78 is 9.84. The van der Waals surface area contributed by atoms with Gasteiger partial charge in [0.15, 0.2) is 11.2 Å². The van der Waals surface area contributed by atoms with Crippen molar-refractivity contribution in [3.05, 3.63) is 78.9 Å². The third-order valence-corrected chi connectivity index (χ3v) is 6.89. The van der Waals surface area contributed by atoms with E-state index in [1.54, 1.807) is 32.4 Å². The predicted octanol–water partition coefficient (Wildman–Crippen LogP) is 4.05. The van der Waals surface area contributed by atoms with Crippen LogP contribution in [0.5, 0.6) is 5.75 Å². The van der Waals surface area contributed by atoms with Crippen LogP contribution in [0.2, 0.25) is 10.0 Å². The van der Waals surface area contributed by atoms with Crippen molar-refractivity contribution in [1.82, 2.24) is 18.7 Å². The smallest absolute Gasteiger partial charge is 0.332 e. The van der Waals surface area contributed by atoms with Crippen molar-refractivity contribution in [3.8, 4) is 5.75 Å². The number of rotatable bonds is 4. The number of halogens is 2. The minimum absolute atomic E-state index is 0.0800. The van der Waals surface area contributed by atoms with Gasteiger partial charge in [-0.15, -0.1) is 0 Å². The molecule has 0 bridgehead atoms. The second kappa shape index (κ2) is 8.52. The number of benzene rings is 2. The van der Waals surface area contributed by atoms with Crippen molar-refractivity contribution in [3.63, 3.8) is 0 Å². The van der Waals surface area contributed by atoms with Crippen LogP contribution in [0.4, 0.5) is 11.6 Å². The largest absolute Gasteiger partial charge is 0.497 e. The van der Waals surface area contributed by atoms with E-state index in [4.69, 9.17) is 32.9 Å². The maximum atomic E-state index is 13.6. The lowest BCUT2D eigenvalue weighted by Gasteiger charge is -2.33. The van der Waals surface area contributed by atoms with Gasteiger partial charge in [0.2, 0.25) is 5.95 Å². The molecule has 10 heteroatoms. The van der Waals surface area contributed by atoms with Crippen LogP contribution in [0.15, 0.2) is 52.1 Å². The molecule has 1 aliphatic rings. The summed E-state index contributed by atoms with van der Waals surface area (Å²) in [5.41, 5.74) is 1.59. The van der Waals surface area contributed by atoms with E-state index in [2.05, 4.69) is 11.8 Å². The molecule has 0 spiro atoms. The SMILES string of the molecule is COc1ccc(N2C[C@@H](C)Cn3c2nc2c3c(=O)n(Cc3ccc(Cl)c(Cl)c3)c(=O)n2C)cc1. The zero-order chi connectivity index (χ0) is 24.1. The molecular weight excluding hydrogens is 477 g/mol. The third-order valence-electron chi connectivity index (χ3n) is 6.15. The lowest BCUT2D eigenvalue weighted by molar-refractivity contribution is 0.414. The van der Waals surface area contributed by atoms with Crippen molar-refractivity contribution >= 4 is 46.0 Å². The summed E-state index contributed by atoms with van der Waals surface area (Å²) in [6.45, 7) is 3.57. The average molecular weight is 500 g/mol. The van der Waals surface area contributed by atoms with Crippen molar-refractivity contribution in [2.45, 2.75) is 20.0 Å². The van der Waals surface area contributed by atoms with Crippen LogP contribution < -0.4 is 20.9 Å². The molecule has 0 aliphatic carbocycles. The summed E-state index contributed by atoms with van der Waals surface area (Å²) >= 11 is 12.2. The second-order valence-corrected chi connectivity index (χ2v) is 9.40. The number of methoxy groups -OCH3 is 1. The van der Waals surface area contributed by atoms with Gasteiger partial charge in [-0.2, -0.15) is 4.98 Å². The monoisotopic (exact) mass is 499 g/mol. The van der Waals surface area contributed by atoms with Gasteiger partial charge in [-0.3, -0.25) is 13.9 Å². The van der Waals surface area contributed by atoms with E-state index in [0.717, 1.165) is 18.0 Å². The van der Waals surface area contributed by atoms with Crippen LogP contribution >= 0.6 is 23.2 Å². The summed E-state index contributed by atoms with van der Waals surface area (Å²) in [6.07, 6.45) is 0. The molecule has 3 heterocycles. The number of nitrogens with zero attached hydrogens (tertiary/aromatic N) is 5. The van der Waals surface area contributed by atoms with Gasteiger partial charge in [0.05, 0.1) is 23.7 Å². The molecule has 0 N–H and O–H groups in total. The lowest BCUT2D eigenvalue weighted by atomic mass is 10.1. The molecular formula is C24H23Cl2N5O3. The molecule has 34 heavy (non-hydrogen) atoms. The van der Waals surface area contributed by atoms with Gasteiger partial charge in [0, 0.05) is 25.8 Å². The highest BCUT2D eigenvalue weighted by Gasteiger charge is 2.30. The number of hydrogen-bond donors (Lipinski definition) is 0. The van der Waals surface area contributed by atoms with Crippen molar-refractivity contribution < 1.29 is 4.74 Å². The van der Waals surface area contributed by atoms with Gasteiger partial charge >= 0.3 is 5.69 Å². The fraction of sp³-hybridized carbons (Fsp3) is 0.292. The minimum Gasteiger partial charge on any atom is -0.497 e. The summed E-state index contributed by atoms with van der Waals surface area (Å²) in [5.74, 6) is 1.65. The summed E-state index contributed by atoms with van der Waals surface area (Å²) in [4.78, 5) is 33.6. The fourth-order valence-electron chi connectivity index (χ4n) is 4.44. The maximum Gasteiger partial charge on any atom is 0.332 e. The Bertz CT molecular complexity index is 1520. The van der Waals surface area contributed by atoms with E-state index < -0.39 is 5.69 Å². The highest BCUT2D eigenvalue weighted by Crippen LogP contribution is 2.33. The number of hydrogen-bond acceptors (Lipinski definition) is 5. The Morgan fingerprint density at radius 1 is 1.06 bits per heavy atom. The molecule has 0 fully saturated rings. The first-order chi connectivity index (χ1) is 16.3. The Kier molecular flexibility index (Phi) is 5.65. The third kappa shape index (κ3) is 3.67. The molecule has 0 saturated carbocycles. The van der Waals surface area contributed by atoms with Crippen molar-refractivity contribution in [2.75, 3.05) is 18.6 Å². The predicted molar refractivity (Wildman–Crippen MR) is 134 cm³/mol. The van der Waals surface area contributed by atoms with Crippen LogP contribution in [0.25, 0.3) is 11.2 Å². The molecule has 0 unspecified atom stereocenters. The van der Waals surface area contributed by atoms with Gasteiger partial charge in [-0.05, 0) is 47.9 Å². The first-order valence-corrected chi connectivity index (χ1v) is 11.6. The van der Waals surface area contributed by atoms with E-state index in [1.165, 1.54) is 9.13 Å². The van der Waals surface area contributed by atoms with Crippen LogP contribution in [0, 0.1) is 5.92 Å². The van der Waals surface area contributed by atoms with Crippen molar-refractivity contribution in [2.24, 2.45) is 13.0 Å². The molecule has 0 radical (unpaired) electrons. The number of imidazole rings is 1. The first-order valence-electron chi connectivity index (χ1n) is 10.8. The lowest BCUT2D eigenvalue weighted by Crippen LogP contribution is -2.40. The molecule has 1 atom stereocenters. The Morgan fingerprint density at radius 2 is 1.79 bits per heavy atom. The van der Waals surface area contributed by atoms with Gasteiger partial charge in [0.25, 0.3) is 5.56 Å². The standard InChI is InChI=1S/C24H23Cl2N5O3/c1-14-11-29(16-5-7-17(34-3)8-6-16)23-27-21-20(30(23)12-14)22(32)31(24(33)28(21)2)13-15-4-9-18(25)19(26)10-15/h4-10,14H,11-13H2,1-3H3/t14-/m1/s1. The zero-order valence-electron chi connectivity index (χ0n) is 19.0. The second-order valence-electron chi connectivity index (χ2n) is 8.59. The molecule has 1 aliphatic heterocycles. The Hall–Kier alpha value is -3.23. The van der Waals surface area contributed by atoms with E-state index in [-0.39, 0.29) is 18.0 Å². The van der Waals surface area contributed by atoms with Crippen LogP contribution in [0.1, 0.15) is 12.5 Å². The molecule has 8 nitrogen and oxygen atoms in total. The quantitative estimate of drug-likeness (QED) is 0.423. The molecule has 2 aromatic heterocycles. The number of fused-ring (bicyclic) bond motifs is 3. The van der Waals surface area contributed by atoms with Gasteiger partial charge in [-0.1, -0.05) is 36.2 Å². The number of aryl methyl sites for hydroxylation is 1. The van der Waals surface area contributed by atoms with E-state index in [0.29, 0.717) is 39.3 Å². The highest BCUT2D eigenvalue weighted by molar-refractivity contribution is 6.42. The Balaban J connectivity index is 1.68. The molecule has 4 aromatic rings. The maximum absolute atomic E-state index is 13.6. The summed E-state index contributed by atoms with van der Waals surface area (Å²) in [6, 6.07) is 12.8. The van der Waals surface area contributed by atoms with E-state index in [1.807, 2.05) is 28.8 Å². The molecule has 0 amide bonds. The summed E-state index contributed by atoms with van der Waals surface area (Å²) in [7, 11) is 3.26. The number of anilines is 2. The molecule has 2 aromatic carbocycles. The highest BCUT2D eigenvalue weighted by atomic mass is 35.5. The molecule has 0 saturated heterocycles. The van der Waals surface area contributed by atoms with Gasteiger partial charge < -0.3 is 14.2 Å². The summed E-state index contributed by atoms with van der Waals surface area (Å²) in [5, 5.41) is 0.786. The van der Waals surface area contributed by atoms with Crippen LogP contribution in [-0.4, -0.2) is 32.3 Å². The zero-order valence-corrected chi connectivity index (χ0v) is 20.5. The number of aromatic nitrogens is 4. The Morgan fingerprint density at radius 3 is 2.47 bits per heavy atom. The minimum atomic E-state index is -0.442. The topological polar surface area (TPSA) is 74.3 Å².